The van der Waals surface area contributed by atoms with Gasteiger partial charge in [0.1, 0.15) is 0 Å². The van der Waals surface area contributed by atoms with Gasteiger partial charge in [-0.1, -0.05) is 35.6 Å². The molecule has 0 radical (unpaired) electrons. The summed E-state index contributed by atoms with van der Waals surface area (Å²) in [6.45, 7) is 0. The van der Waals surface area contributed by atoms with Crippen LogP contribution in [0.3, 0.4) is 0 Å². The van der Waals surface area contributed by atoms with Gasteiger partial charge in [-0.25, -0.2) is 14.8 Å². The number of nitrogens with zero attached hydrogens (tertiary/aromatic N) is 3. The van der Waals surface area contributed by atoms with Crippen LogP contribution < -0.4 is 16.0 Å². The van der Waals surface area contributed by atoms with Gasteiger partial charge in [-0.05, 0) is 24.3 Å². The first kappa shape index (κ1) is 16.0. The molecule has 7 nitrogen and oxygen atoms in total. The highest BCUT2D eigenvalue weighted by atomic mass is 32.1. The standard InChI is InChI=1S/C18H12N4O3S/c23-16-14(9-15-19-12-7-3-4-8-13(12)20-15)26-18(22-16)21-11-6-2-1-5-10(11)17(24)25/h1-9,23H,(H,21,22)(H,24,25). The van der Waals surface area contributed by atoms with Crippen LogP contribution in [0.25, 0.3) is 6.08 Å². The summed E-state index contributed by atoms with van der Waals surface area (Å²) in [7, 11) is 0. The zero-order valence-corrected chi connectivity index (χ0v) is 14.1. The van der Waals surface area contributed by atoms with Crippen LogP contribution in [-0.2, 0) is 0 Å². The number of benzene rings is 2. The van der Waals surface area contributed by atoms with E-state index in [0.29, 0.717) is 21.5 Å². The molecular formula is C18H12N4O3S. The van der Waals surface area contributed by atoms with Gasteiger partial charge in [-0.2, -0.15) is 4.98 Å². The third-order valence-electron chi connectivity index (χ3n) is 3.65. The molecule has 0 fully saturated rings. The van der Waals surface area contributed by atoms with Gasteiger partial charge in [0.15, 0.2) is 11.0 Å². The first-order chi connectivity index (χ1) is 12.6. The number of aromatic carboxylic acids is 1. The lowest BCUT2D eigenvalue weighted by Crippen LogP contribution is -2.19. The van der Waals surface area contributed by atoms with Gasteiger partial charge in [0.25, 0.3) is 0 Å². The lowest BCUT2D eigenvalue weighted by atomic mass is 10.2. The Bertz CT molecular complexity index is 1130. The molecule has 0 bridgehead atoms. The van der Waals surface area contributed by atoms with Gasteiger partial charge in [0.05, 0.1) is 26.8 Å². The number of aromatic hydroxyl groups is 1. The van der Waals surface area contributed by atoms with Crippen LogP contribution in [0.4, 0.5) is 10.8 Å². The van der Waals surface area contributed by atoms with Crippen LogP contribution >= 0.6 is 11.3 Å². The van der Waals surface area contributed by atoms with E-state index in [-0.39, 0.29) is 11.4 Å². The molecule has 0 spiro atoms. The van der Waals surface area contributed by atoms with Gasteiger partial charge >= 0.3 is 5.97 Å². The largest absolute Gasteiger partial charge is 0.492 e. The second-order valence-corrected chi connectivity index (χ2v) is 6.43. The average Bonchev–Trinajstić information content (AvgIpc) is 3.18. The lowest BCUT2D eigenvalue weighted by Gasteiger charge is -2.05. The number of hydrogen-bond donors (Lipinski definition) is 3. The number of para-hydroxylation sites is 3. The second kappa shape index (κ2) is 6.41. The Kier molecular flexibility index (Phi) is 3.94. The highest BCUT2D eigenvalue weighted by Gasteiger charge is 2.14. The maximum absolute atomic E-state index is 11.3. The molecule has 1 aromatic heterocycles. The molecule has 128 valence electrons. The monoisotopic (exact) mass is 364 g/mol. The molecule has 4 rings (SSSR count). The van der Waals surface area contributed by atoms with Gasteiger partial charge in [-0.3, -0.25) is 0 Å². The predicted molar refractivity (Wildman–Crippen MR) is 97.2 cm³/mol. The first-order valence-electron chi connectivity index (χ1n) is 7.63. The maximum atomic E-state index is 11.3. The molecular weight excluding hydrogens is 352 g/mol. The molecule has 3 aromatic rings. The molecule has 1 aliphatic rings. The Morgan fingerprint density at radius 3 is 2.38 bits per heavy atom. The van der Waals surface area contributed by atoms with Crippen LogP contribution in [0.2, 0.25) is 0 Å². The Morgan fingerprint density at radius 1 is 1.04 bits per heavy atom. The third-order valence-corrected chi connectivity index (χ3v) is 4.55. The fraction of sp³-hybridized carbons (Fsp3) is 0. The number of anilines is 2. The molecule has 2 heterocycles. The van der Waals surface area contributed by atoms with Crippen molar-refractivity contribution in [2.24, 2.45) is 9.98 Å². The molecule has 26 heavy (non-hydrogen) atoms. The van der Waals surface area contributed by atoms with E-state index in [9.17, 15) is 15.0 Å². The Morgan fingerprint density at radius 2 is 1.69 bits per heavy atom. The van der Waals surface area contributed by atoms with Gasteiger partial charge in [-0.15, -0.1) is 0 Å². The molecule has 0 unspecified atom stereocenters. The molecule has 0 saturated carbocycles. The van der Waals surface area contributed by atoms with Gasteiger partial charge in [0.2, 0.25) is 5.88 Å². The van der Waals surface area contributed by atoms with Crippen molar-refractivity contribution >= 4 is 34.2 Å². The van der Waals surface area contributed by atoms with E-state index in [1.165, 1.54) is 17.4 Å². The molecule has 0 amide bonds. The summed E-state index contributed by atoms with van der Waals surface area (Å²) in [4.78, 5) is 24.6. The summed E-state index contributed by atoms with van der Waals surface area (Å²) in [5.74, 6) is -0.737. The minimum Gasteiger partial charge on any atom is -0.492 e. The van der Waals surface area contributed by atoms with Crippen LogP contribution in [0, 0.1) is 0 Å². The SMILES string of the molecule is O=C(O)c1ccccc1Nc1nc(O)c(C=C2N=c3ccccc3=N2)s1. The summed E-state index contributed by atoms with van der Waals surface area (Å²) in [5, 5.41) is 24.2. The second-order valence-electron chi connectivity index (χ2n) is 5.40. The molecule has 0 aliphatic carbocycles. The topological polar surface area (TPSA) is 107 Å². The number of rotatable bonds is 4. The summed E-state index contributed by atoms with van der Waals surface area (Å²) in [6, 6.07) is 14.0. The average molecular weight is 364 g/mol. The van der Waals surface area contributed by atoms with Crippen molar-refractivity contribution in [3.63, 3.8) is 0 Å². The summed E-state index contributed by atoms with van der Waals surface area (Å²) < 4.78 is 0. The van der Waals surface area contributed by atoms with Crippen molar-refractivity contribution in [3.8, 4) is 5.88 Å². The zero-order chi connectivity index (χ0) is 18.1. The fourth-order valence-corrected chi connectivity index (χ4v) is 3.27. The van der Waals surface area contributed by atoms with Crippen molar-refractivity contribution in [1.82, 2.24) is 4.98 Å². The van der Waals surface area contributed by atoms with E-state index in [4.69, 9.17) is 0 Å². The summed E-state index contributed by atoms with van der Waals surface area (Å²) >= 11 is 1.18. The lowest BCUT2D eigenvalue weighted by molar-refractivity contribution is 0.0698. The molecule has 3 N–H and O–H groups in total. The summed E-state index contributed by atoms with van der Waals surface area (Å²) in [5.41, 5.74) is 0.522. The number of fused-ring (bicyclic) bond motifs is 1. The number of carboxylic acid groups (broad SMARTS) is 1. The van der Waals surface area contributed by atoms with E-state index < -0.39 is 5.97 Å². The van der Waals surface area contributed by atoms with E-state index in [2.05, 4.69) is 20.3 Å². The molecule has 8 heteroatoms. The number of thiazole rings is 1. The smallest absolute Gasteiger partial charge is 0.337 e. The molecule has 1 aliphatic heterocycles. The minimum absolute atomic E-state index is 0.123. The quantitative estimate of drug-likeness (QED) is 0.659. The molecule has 0 atom stereocenters. The van der Waals surface area contributed by atoms with Crippen molar-refractivity contribution in [2.75, 3.05) is 5.32 Å². The normalized spacial score (nSPS) is 12.1. The first-order valence-corrected chi connectivity index (χ1v) is 8.45. The maximum Gasteiger partial charge on any atom is 0.337 e. The minimum atomic E-state index is -1.04. The zero-order valence-electron chi connectivity index (χ0n) is 13.2. The van der Waals surface area contributed by atoms with Crippen molar-refractivity contribution in [1.29, 1.82) is 0 Å². The van der Waals surface area contributed by atoms with E-state index in [1.54, 1.807) is 24.3 Å². The van der Waals surface area contributed by atoms with Gasteiger partial charge < -0.3 is 15.5 Å². The van der Waals surface area contributed by atoms with Crippen molar-refractivity contribution in [3.05, 3.63) is 75.5 Å². The van der Waals surface area contributed by atoms with Crippen LogP contribution in [0.15, 0.2) is 64.3 Å². The van der Waals surface area contributed by atoms with Crippen LogP contribution in [0.5, 0.6) is 5.88 Å². The molecule has 0 saturated heterocycles. The number of nitrogens with one attached hydrogen (secondary N) is 1. The van der Waals surface area contributed by atoms with E-state index >= 15 is 0 Å². The molecule has 2 aromatic carbocycles. The number of carboxylic acids is 1. The Hall–Kier alpha value is -3.52. The highest BCUT2D eigenvalue weighted by molar-refractivity contribution is 7.16. The summed E-state index contributed by atoms with van der Waals surface area (Å²) in [6.07, 6.45) is 1.64. The van der Waals surface area contributed by atoms with E-state index in [1.807, 2.05) is 24.3 Å². The number of hydrogen-bond acceptors (Lipinski definition) is 7. The Balaban J connectivity index is 1.64. The fourth-order valence-electron chi connectivity index (χ4n) is 2.47. The highest BCUT2D eigenvalue weighted by Crippen LogP contribution is 2.33. The van der Waals surface area contributed by atoms with Crippen molar-refractivity contribution in [2.45, 2.75) is 0 Å². The van der Waals surface area contributed by atoms with Crippen LogP contribution in [0.1, 0.15) is 15.2 Å². The van der Waals surface area contributed by atoms with Crippen molar-refractivity contribution < 1.29 is 15.0 Å². The Labute approximate surface area is 151 Å². The van der Waals surface area contributed by atoms with E-state index in [0.717, 1.165) is 10.7 Å². The third kappa shape index (κ3) is 3.05. The van der Waals surface area contributed by atoms with Crippen LogP contribution in [-0.4, -0.2) is 21.2 Å². The number of aromatic nitrogens is 1. The number of carbonyl (C=O) groups is 1. The van der Waals surface area contributed by atoms with Gasteiger partial charge in [0, 0.05) is 6.08 Å². The predicted octanol–water partition coefficient (Wildman–Crippen LogP) is 2.54.